The first kappa shape index (κ1) is 8.12. The van der Waals surface area contributed by atoms with E-state index in [2.05, 4.69) is 25.7 Å². The zero-order valence-electron chi connectivity index (χ0n) is 5.49. The molecule has 0 spiro atoms. The van der Waals surface area contributed by atoms with Gasteiger partial charge in [-0.05, 0) is 0 Å². The Morgan fingerprint density at radius 1 is 1.50 bits per heavy atom. The summed E-state index contributed by atoms with van der Waals surface area (Å²) in [5.74, 6) is 6.58. The number of hydrogen-bond donors (Lipinski definition) is 0. The monoisotopic (exact) mass is 278 g/mol. The molecule has 0 aromatic rings. The van der Waals surface area contributed by atoms with Gasteiger partial charge in [0.2, 0.25) is 0 Å². The van der Waals surface area contributed by atoms with E-state index in [0.717, 1.165) is 0 Å². The molecule has 0 unspecified atom stereocenters. The molecule has 0 amide bonds. The third-order valence-corrected chi connectivity index (χ3v) is 2.83. The van der Waals surface area contributed by atoms with Crippen LogP contribution in [-0.4, -0.2) is 3.90 Å². The average molecular weight is 278 g/mol. The Morgan fingerprint density at radius 3 is 2.12 bits per heavy atom. The summed E-state index contributed by atoms with van der Waals surface area (Å²) in [5, 5.41) is 0. The molecule has 0 radical (unpaired) electrons. The van der Waals surface area contributed by atoms with Gasteiger partial charge in [0.05, 0.1) is 0 Å². The fraction of sp³-hybridized carbons (Fsp3) is 0.571. The molecule has 0 aromatic carbocycles. The van der Waals surface area contributed by atoms with Gasteiger partial charge in [0.25, 0.3) is 0 Å². The molecule has 0 aromatic heterocycles. The summed E-state index contributed by atoms with van der Waals surface area (Å²) in [6.07, 6.45) is 0. The summed E-state index contributed by atoms with van der Waals surface area (Å²) < 4.78 is 1.35. The van der Waals surface area contributed by atoms with Crippen molar-refractivity contribution in [2.24, 2.45) is 5.92 Å². The van der Waals surface area contributed by atoms with Crippen molar-refractivity contribution in [3.05, 3.63) is 0 Å². The van der Waals surface area contributed by atoms with Gasteiger partial charge in [-0.25, -0.2) is 0 Å². The van der Waals surface area contributed by atoms with Gasteiger partial charge in [0.15, 0.2) is 0 Å². The van der Waals surface area contributed by atoms with E-state index < -0.39 is 0 Å². The fourth-order valence-electron chi connectivity index (χ4n) is 0.268. The molecular formula is C7H10W. The topological polar surface area (TPSA) is 0 Å². The third-order valence-electron chi connectivity index (χ3n) is 0.773. The van der Waals surface area contributed by atoms with E-state index in [-0.39, 0.29) is 0 Å². The fourth-order valence-corrected chi connectivity index (χ4v) is 0.634. The van der Waals surface area contributed by atoms with Crippen LogP contribution in [0.15, 0.2) is 0 Å². The van der Waals surface area contributed by atoms with Crippen molar-refractivity contribution in [3.8, 4) is 11.8 Å². The zero-order valence-corrected chi connectivity index (χ0v) is 8.42. The van der Waals surface area contributed by atoms with Crippen LogP contribution in [0, 0.1) is 17.8 Å². The van der Waals surface area contributed by atoms with Crippen LogP contribution in [0.4, 0.5) is 0 Å². The minimum atomic E-state index is 0.650. The van der Waals surface area contributed by atoms with E-state index in [1.165, 1.54) is 23.3 Å². The third kappa shape index (κ3) is 3.16. The van der Waals surface area contributed by atoms with Crippen LogP contribution in [0.3, 0.4) is 0 Å². The first-order chi connectivity index (χ1) is 3.68. The van der Waals surface area contributed by atoms with Crippen LogP contribution in [0.1, 0.15) is 20.8 Å². The van der Waals surface area contributed by atoms with Crippen molar-refractivity contribution in [1.29, 1.82) is 0 Å². The zero-order chi connectivity index (χ0) is 6.57. The first-order valence-corrected chi connectivity index (χ1v) is 4.11. The second kappa shape index (κ2) is 4.04. The standard InChI is InChI=1S/C7H10.W/c1-4-5-6-7(2)3;/h7H,1-3H3;. The summed E-state index contributed by atoms with van der Waals surface area (Å²) in [5.41, 5.74) is 0. The minimum absolute atomic E-state index is 0.650. The molecule has 0 heterocycles. The summed E-state index contributed by atoms with van der Waals surface area (Å²) >= 11 is 1.50. The van der Waals surface area contributed by atoms with Crippen LogP contribution in [0.5, 0.6) is 0 Å². The average Bonchev–Trinajstić information content (AvgIpc) is 1.67. The van der Waals surface area contributed by atoms with Crippen LogP contribution >= 0.6 is 0 Å². The van der Waals surface area contributed by atoms with Crippen molar-refractivity contribution < 1.29 is 19.4 Å². The molecule has 0 nitrogen and oxygen atoms in total. The molecule has 0 aliphatic rings. The van der Waals surface area contributed by atoms with Gasteiger partial charge < -0.3 is 0 Å². The van der Waals surface area contributed by atoms with Crippen LogP contribution in [-0.2, 0) is 19.4 Å². The molecule has 0 aliphatic heterocycles. The van der Waals surface area contributed by atoms with E-state index in [1.807, 2.05) is 6.92 Å². The Hall–Kier alpha value is 0.118. The molecule has 0 saturated carbocycles. The van der Waals surface area contributed by atoms with Crippen molar-refractivity contribution in [2.45, 2.75) is 20.8 Å². The Labute approximate surface area is 62.1 Å². The maximum absolute atomic E-state index is 3.05. The second-order valence-electron chi connectivity index (χ2n) is 1.89. The molecule has 0 rings (SSSR count). The second-order valence-corrected chi connectivity index (χ2v) is 3.47. The van der Waals surface area contributed by atoms with E-state index in [9.17, 15) is 0 Å². The maximum atomic E-state index is 3.05. The van der Waals surface area contributed by atoms with Gasteiger partial charge in [-0.2, -0.15) is 0 Å². The van der Waals surface area contributed by atoms with Gasteiger partial charge in [-0.3, -0.25) is 0 Å². The molecule has 44 valence electrons. The Bertz CT molecular complexity index is 134. The quantitative estimate of drug-likeness (QED) is 0.636. The summed E-state index contributed by atoms with van der Waals surface area (Å²) in [6.45, 7) is 6.23. The van der Waals surface area contributed by atoms with Gasteiger partial charge in [-0.1, -0.05) is 0 Å². The molecule has 8 heavy (non-hydrogen) atoms. The molecular weight excluding hydrogens is 268 g/mol. The Morgan fingerprint density at radius 2 is 2.00 bits per heavy atom. The molecule has 0 aliphatic carbocycles. The molecule has 1 heteroatoms. The van der Waals surface area contributed by atoms with Crippen molar-refractivity contribution >= 4 is 3.90 Å². The van der Waals surface area contributed by atoms with Gasteiger partial charge in [0, 0.05) is 0 Å². The van der Waals surface area contributed by atoms with E-state index in [0.29, 0.717) is 5.92 Å². The van der Waals surface area contributed by atoms with Crippen LogP contribution in [0.2, 0.25) is 0 Å². The predicted octanol–water partition coefficient (Wildman–Crippen LogP) is 1.38. The normalized spacial score (nSPS) is 8.00. The van der Waals surface area contributed by atoms with E-state index >= 15 is 0 Å². The van der Waals surface area contributed by atoms with Crippen molar-refractivity contribution in [2.75, 3.05) is 0 Å². The predicted molar refractivity (Wildman–Crippen MR) is 33.3 cm³/mol. The summed E-state index contributed by atoms with van der Waals surface area (Å²) in [4.78, 5) is 0. The van der Waals surface area contributed by atoms with E-state index in [1.54, 1.807) is 0 Å². The first-order valence-electron chi connectivity index (χ1n) is 2.65. The van der Waals surface area contributed by atoms with Crippen LogP contribution in [0.25, 0.3) is 0 Å². The van der Waals surface area contributed by atoms with Crippen molar-refractivity contribution in [3.63, 3.8) is 0 Å². The van der Waals surface area contributed by atoms with E-state index in [4.69, 9.17) is 0 Å². The van der Waals surface area contributed by atoms with Gasteiger partial charge >= 0.3 is 61.8 Å². The van der Waals surface area contributed by atoms with Gasteiger partial charge in [-0.15, -0.1) is 0 Å². The summed E-state index contributed by atoms with van der Waals surface area (Å²) in [6, 6.07) is 0. The Kier molecular flexibility index (Phi) is 4.10. The molecule has 0 saturated heterocycles. The number of rotatable bonds is 1. The van der Waals surface area contributed by atoms with Crippen LogP contribution < -0.4 is 0 Å². The molecule has 0 fully saturated rings. The summed E-state index contributed by atoms with van der Waals surface area (Å²) in [7, 11) is 0. The van der Waals surface area contributed by atoms with Gasteiger partial charge in [0.1, 0.15) is 0 Å². The van der Waals surface area contributed by atoms with Crippen molar-refractivity contribution in [1.82, 2.24) is 0 Å². The Balaban J connectivity index is 3.78. The number of hydrogen-bond acceptors (Lipinski definition) is 0. The molecule has 0 N–H and O–H groups in total. The molecule has 0 bridgehead atoms. The molecule has 0 atom stereocenters. The SMILES string of the molecule is CC#C[C](=[W])C(C)C.